The van der Waals surface area contributed by atoms with Crippen LogP contribution in [0.3, 0.4) is 0 Å². The third kappa shape index (κ3) is 2.98. The van der Waals surface area contributed by atoms with Crippen molar-refractivity contribution in [2.45, 2.75) is 46.6 Å². The van der Waals surface area contributed by atoms with E-state index in [0.717, 1.165) is 17.6 Å². The molecule has 0 radical (unpaired) electrons. The summed E-state index contributed by atoms with van der Waals surface area (Å²) in [5, 5.41) is 3.48. The molecule has 1 aromatic heterocycles. The van der Waals surface area contributed by atoms with Crippen molar-refractivity contribution >= 4 is 5.95 Å². The van der Waals surface area contributed by atoms with E-state index in [-0.39, 0.29) is 0 Å². The molecule has 1 aromatic rings. The molecule has 15 heavy (non-hydrogen) atoms. The summed E-state index contributed by atoms with van der Waals surface area (Å²) in [5.41, 5.74) is 1.07. The average Bonchev–Trinajstić information content (AvgIpc) is 2.47. The lowest BCUT2D eigenvalue weighted by Crippen LogP contribution is -2.26. The number of hydrogen-bond acceptors (Lipinski definition) is 2. The lowest BCUT2D eigenvalue weighted by Gasteiger charge is -2.22. The van der Waals surface area contributed by atoms with E-state index in [9.17, 15) is 0 Å². The molecular weight excluding hydrogens is 186 g/mol. The van der Waals surface area contributed by atoms with Gasteiger partial charge in [0.2, 0.25) is 5.95 Å². The predicted molar refractivity (Wildman–Crippen MR) is 65.1 cm³/mol. The zero-order valence-corrected chi connectivity index (χ0v) is 10.5. The molecule has 0 amide bonds. The Kier molecular flexibility index (Phi) is 4.18. The summed E-state index contributed by atoms with van der Waals surface area (Å²) in [6.07, 6.45) is 4.48. The Labute approximate surface area is 92.9 Å². The Morgan fingerprint density at radius 1 is 1.40 bits per heavy atom. The maximum atomic E-state index is 4.45. The molecule has 0 fully saturated rings. The van der Waals surface area contributed by atoms with Crippen LogP contribution < -0.4 is 5.32 Å². The van der Waals surface area contributed by atoms with Crippen LogP contribution in [-0.2, 0) is 7.05 Å². The molecule has 0 aliphatic heterocycles. The molecule has 1 heterocycles. The van der Waals surface area contributed by atoms with Crippen LogP contribution in [0.25, 0.3) is 0 Å². The van der Waals surface area contributed by atoms with Gasteiger partial charge >= 0.3 is 0 Å². The second kappa shape index (κ2) is 5.19. The van der Waals surface area contributed by atoms with E-state index in [0.29, 0.717) is 6.04 Å². The molecule has 1 unspecified atom stereocenters. The largest absolute Gasteiger partial charge is 0.353 e. The maximum Gasteiger partial charge on any atom is 0.202 e. The van der Waals surface area contributed by atoms with Gasteiger partial charge in [0.25, 0.3) is 0 Å². The Hall–Kier alpha value is -0.990. The SMILES string of the molecule is CCC(CC)C(C)Nc1nc(C)cn1C. The highest BCUT2D eigenvalue weighted by Gasteiger charge is 2.14. The summed E-state index contributed by atoms with van der Waals surface area (Å²) in [6, 6.07) is 0.487. The summed E-state index contributed by atoms with van der Waals surface area (Å²) in [7, 11) is 2.03. The molecule has 1 N–H and O–H groups in total. The normalized spacial score (nSPS) is 13.2. The lowest BCUT2D eigenvalue weighted by molar-refractivity contribution is 0.435. The Morgan fingerprint density at radius 3 is 2.40 bits per heavy atom. The third-order valence-corrected chi connectivity index (χ3v) is 3.11. The summed E-state index contributed by atoms with van der Waals surface area (Å²) in [5.74, 6) is 1.70. The molecule has 86 valence electrons. The quantitative estimate of drug-likeness (QED) is 0.808. The first-order valence-electron chi connectivity index (χ1n) is 5.84. The fraction of sp³-hybridized carbons (Fsp3) is 0.750. The van der Waals surface area contributed by atoms with Gasteiger partial charge < -0.3 is 9.88 Å². The average molecular weight is 209 g/mol. The van der Waals surface area contributed by atoms with Crippen molar-refractivity contribution in [3.05, 3.63) is 11.9 Å². The summed E-state index contributed by atoms with van der Waals surface area (Å²) in [6.45, 7) is 8.75. The van der Waals surface area contributed by atoms with Crippen molar-refractivity contribution < 1.29 is 0 Å². The van der Waals surface area contributed by atoms with E-state index in [4.69, 9.17) is 0 Å². The minimum Gasteiger partial charge on any atom is -0.353 e. The van der Waals surface area contributed by atoms with E-state index in [1.807, 2.05) is 24.7 Å². The monoisotopic (exact) mass is 209 g/mol. The number of nitrogens with one attached hydrogen (secondary N) is 1. The number of aryl methyl sites for hydroxylation is 2. The van der Waals surface area contributed by atoms with Gasteiger partial charge in [0.05, 0.1) is 5.69 Å². The van der Waals surface area contributed by atoms with Gasteiger partial charge in [0.15, 0.2) is 0 Å². The van der Waals surface area contributed by atoms with Gasteiger partial charge in [-0.25, -0.2) is 4.98 Å². The number of aromatic nitrogens is 2. The van der Waals surface area contributed by atoms with Crippen molar-refractivity contribution in [2.24, 2.45) is 13.0 Å². The van der Waals surface area contributed by atoms with E-state index in [2.05, 4.69) is 31.1 Å². The number of imidazole rings is 1. The molecule has 3 heteroatoms. The first kappa shape index (κ1) is 12.1. The molecule has 0 aromatic carbocycles. The fourth-order valence-electron chi connectivity index (χ4n) is 2.07. The zero-order chi connectivity index (χ0) is 11.4. The van der Waals surface area contributed by atoms with E-state index >= 15 is 0 Å². The minimum absolute atomic E-state index is 0.487. The number of hydrogen-bond donors (Lipinski definition) is 1. The molecule has 0 aliphatic carbocycles. The van der Waals surface area contributed by atoms with Crippen LogP contribution >= 0.6 is 0 Å². The first-order valence-corrected chi connectivity index (χ1v) is 5.84. The molecule has 1 atom stereocenters. The first-order chi connectivity index (χ1) is 7.08. The topological polar surface area (TPSA) is 29.9 Å². The Bertz CT molecular complexity index is 300. The highest BCUT2D eigenvalue weighted by Crippen LogP contribution is 2.17. The molecule has 1 rings (SSSR count). The highest BCUT2D eigenvalue weighted by molar-refractivity contribution is 5.29. The third-order valence-electron chi connectivity index (χ3n) is 3.11. The molecule has 0 saturated carbocycles. The van der Waals surface area contributed by atoms with Crippen molar-refractivity contribution in [3.8, 4) is 0 Å². The molecule has 3 nitrogen and oxygen atoms in total. The summed E-state index contributed by atoms with van der Waals surface area (Å²) >= 11 is 0. The number of nitrogens with zero attached hydrogens (tertiary/aromatic N) is 2. The van der Waals surface area contributed by atoms with Crippen LogP contribution in [0, 0.1) is 12.8 Å². The van der Waals surface area contributed by atoms with E-state index < -0.39 is 0 Å². The van der Waals surface area contributed by atoms with Crippen molar-refractivity contribution in [3.63, 3.8) is 0 Å². The van der Waals surface area contributed by atoms with Gasteiger partial charge in [-0.1, -0.05) is 26.7 Å². The van der Waals surface area contributed by atoms with Gasteiger partial charge in [0.1, 0.15) is 0 Å². The zero-order valence-electron chi connectivity index (χ0n) is 10.5. The van der Waals surface area contributed by atoms with Crippen LogP contribution in [0.15, 0.2) is 6.20 Å². The van der Waals surface area contributed by atoms with Crippen LogP contribution in [0.4, 0.5) is 5.95 Å². The van der Waals surface area contributed by atoms with Gasteiger partial charge in [-0.3, -0.25) is 0 Å². The standard InChI is InChI=1S/C12H23N3/c1-6-11(7-2)10(4)14-12-13-9(3)8-15(12)5/h8,10-11H,6-7H2,1-5H3,(H,13,14). The molecule has 0 aliphatic rings. The second-order valence-electron chi connectivity index (χ2n) is 4.33. The predicted octanol–water partition coefficient (Wildman–Crippen LogP) is 2.97. The smallest absolute Gasteiger partial charge is 0.202 e. The molecule has 0 bridgehead atoms. The number of rotatable bonds is 5. The summed E-state index contributed by atoms with van der Waals surface area (Å²) in [4.78, 5) is 4.45. The van der Waals surface area contributed by atoms with Crippen LogP contribution in [-0.4, -0.2) is 15.6 Å². The molecule has 0 saturated heterocycles. The van der Waals surface area contributed by atoms with Crippen LogP contribution in [0.2, 0.25) is 0 Å². The van der Waals surface area contributed by atoms with E-state index in [1.54, 1.807) is 0 Å². The van der Waals surface area contributed by atoms with Crippen molar-refractivity contribution in [2.75, 3.05) is 5.32 Å². The van der Waals surface area contributed by atoms with E-state index in [1.165, 1.54) is 12.8 Å². The van der Waals surface area contributed by atoms with Gasteiger partial charge in [-0.15, -0.1) is 0 Å². The van der Waals surface area contributed by atoms with Crippen LogP contribution in [0.1, 0.15) is 39.3 Å². The van der Waals surface area contributed by atoms with Crippen molar-refractivity contribution in [1.82, 2.24) is 9.55 Å². The van der Waals surface area contributed by atoms with Crippen molar-refractivity contribution in [1.29, 1.82) is 0 Å². The lowest BCUT2D eigenvalue weighted by atomic mass is 9.96. The van der Waals surface area contributed by atoms with Gasteiger partial charge in [-0.05, 0) is 19.8 Å². The maximum absolute atomic E-state index is 4.45. The number of anilines is 1. The second-order valence-corrected chi connectivity index (χ2v) is 4.33. The molecule has 0 spiro atoms. The Morgan fingerprint density at radius 2 is 2.00 bits per heavy atom. The molecular formula is C12H23N3. The van der Waals surface area contributed by atoms with Gasteiger partial charge in [-0.2, -0.15) is 0 Å². The van der Waals surface area contributed by atoms with Gasteiger partial charge in [0, 0.05) is 19.3 Å². The Balaban J connectivity index is 2.64. The fourth-order valence-corrected chi connectivity index (χ4v) is 2.07. The minimum atomic E-state index is 0.487. The highest BCUT2D eigenvalue weighted by atomic mass is 15.2. The van der Waals surface area contributed by atoms with Crippen LogP contribution in [0.5, 0.6) is 0 Å². The summed E-state index contributed by atoms with van der Waals surface area (Å²) < 4.78 is 2.05.